The number of nitrogens with one attached hydrogen (secondary N) is 1. The third-order valence-electron chi connectivity index (χ3n) is 10.6. The lowest BCUT2D eigenvalue weighted by Gasteiger charge is -2.29. The van der Waals surface area contributed by atoms with E-state index in [1.807, 2.05) is 54.6 Å². The number of Topliss-reactive ketones (excluding diaryl/α,β-unsaturated/α-hetero) is 1. The molecule has 4 aromatic rings. The minimum atomic E-state index is -0.936. The van der Waals surface area contributed by atoms with E-state index in [0.717, 1.165) is 54.0 Å². The molecular formula is C42H45N3O5. The first kappa shape index (κ1) is 33.5. The summed E-state index contributed by atoms with van der Waals surface area (Å²) >= 11 is 0. The van der Waals surface area contributed by atoms with Crippen molar-refractivity contribution in [1.29, 1.82) is 0 Å². The number of pyridine rings is 1. The fraction of sp³-hybridized carbons (Fsp3) is 0.381. The quantitative estimate of drug-likeness (QED) is 0.163. The summed E-state index contributed by atoms with van der Waals surface area (Å²) in [5, 5.41) is 1.89. The van der Waals surface area contributed by atoms with E-state index >= 15 is 0 Å². The van der Waals surface area contributed by atoms with Gasteiger partial charge in [-0.15, -0.1) is 0 Å². The number of hydrogen-bond acceptors (Lipinski definition) is 6. The number of allylic oxidation sites excluding steroid dienone is 2. The van der Waals surface area contributed by atoms with Gasteiger partial charge in [0.25, 0.3) is 5.91 Å². The molecule has 258 valence electrons. The SMILES string of the molecule is Cc1cccc(C[C@H]2CCCCC/C=C\[C@@H]3C[C@@]3(C(=O)NOc3ccccc3)CC(=O)[C@@H]3C[C@@H](Oc4nccc5ccccc45)CN3C2=O)c1. The summed E-state index contributed by atoms with van der Waals surface area (Å²) in [5.74, 6) is 0.207. The Bertz CT molecular complexity index is 1870. The van der Waals surface area contributed by atoms with Crippen LogP contribution in [0.25, 0.3) is 10.8 Å². The Hall–Kier alpha value is -4.98. The number of nitrogens with zero attached hydrogens (tertiary/aromatic N) is 2. The molecule has 8 nitrogen and oxygen atoms in total. The number of hydrogen-bond donors (Lipinski definition) is 1. The molecule has 5 atom stereocenters. The largest absolute Gasteiger partial charge is 0.472 e. The maximum Gasteiger partial charge on any atom is 0.259 e. The summed E-state index contributed by atoms with van der Waals surface area (Å²) in [6.07, 6.45) is 11.6. The van der Waals surface area contributed by atoms with Crippen LogP contribution in [0.3, 0.4) is 0 Å². The van der Waals surface area contributed by atoms with Crippen molar-refractivity contribution in [1.82, 2.24) is 15.4 Å². The van der Waals surface area contributed by atoms with Gasteiger partial charge in [-0.2, -0.15) is 5.48 Å². The van der Waals surface area contributed by atoms with Crippen LogP contribution in [0, 0.1) is 24.2 Å². The molecule has 3 heterocycles. The number of ketones is 1. The van der Waals surface area contributed by atoms with Crippen LogP contribution in [0.5, 0.6) is 11.6 Å². The molecule has 7 rings (SSSR count). The average molecular weight is 672 g/mol. The summed E-state index contributed by atoms with van der Waals surface area (Å²) in [5.41, 5.74) is 3.98. The predicted molar refractivity (Wildman–Crippen MR) is 192 cm³/mol. The van der Waals surface area contributed by atoms with Crippen molar-refractivity contribution in [2.24, 2.45) is 17.3 Å². The molecular weight excluding hydrogens is 626 g/mol. The fourth-order valence-electron chi connectivity index (χ4n) is 7.79. The van der Waals surface area contributed by atoms with Gasteiger partial charge in [-0.3, -0.25) is 14.4 Å². The molecule has 1 saturated heterocycles. The molecule has 0 spiro atoms. The maximum atomic E-state index is 14.7. The Morgan fingerprint density at radius 3 is 2.68 bits per heavy atom. The van der Waals surface area contributed by atoms with Gasteiger partial charge < -0.3 is 14.5 Å². The molecule has 2 aliphatic heterocycles. The Balaban J connectivity index is 1.18. The van der Waals surface area contributed by atoms with Crippen molar-refractivity contribution < 1.29 is 24.0 Å². The van der Waals surface area contributed by atoms with Crippen LogP contribution in [-0.4, -0.2) is 46.2 Å². The number of aromatic nitrogens is 1. The first-order chi connectivity index (χ1) is 24.4. The lowest BCUT2D eigenvalue weighted by Crippen LogP contribution is -2.46. The second kappa shape index (κ2) is 14.9. The molecule has 0 radical (unpaired) electrons. The zero-order valence-electron chi connectivity index (χ0n) is 28.6. The summed E-state index contributed by atoms with van der Waals surface area (Å²) in [6.45, 7) is 2.35. The second-order valence-corrected chi connectivity index (χ2v) is 14.2. The molecule has 0 bridgehead atoms. The topological polar surface area (TPSA) is 97.8 Å². The van der Waals surface area contributed by atoms with Crippen molar-refractivity contribution in [3.8, 4) is 11.6 Å². The number of hydroxylamine groups is 1. The van der Waals surface area contributed by atoms with Crippen LogP contribution in [-0.2, 0) is 20.8 Å². The van der Waals surface area contributed by atoms with E-state index in [1.165, 1.54) is 0 Å². The van der Waals surface area contributed by atoms with Crippen LogP contribution in [0.2, 0.25) is 0 Å². The standard InChI is InChI=1S/C42H45N3O5/c1-29-13-12-14-30(23-29)24-32-16-6-3-2-4-7-17-33-26-42(33,41(48)44-50-34-18-8-5-9-19-34)27-38(46)37-25-35(28-45(37)40(32)47)49-39-36-20-11-10-15-31(36)21-22-43-39/h5,7-15,17-23,32-33,35,37H,2-4,6,16,24-28H2,1H3,(H,44,48)/b17-7-/t32-,33-,35-,37+,42-/m1/s1. The lowest BCUT2D eigenvalue weighted by molar-refractivity contribution is -0.143. The normalized spacial score (nSPS) is 26.2. The first-order valence-electron chi connectivity index (χ1n) is 18.0. The van der Waals surface area contributed by atoms with Gasteiger partial charge in [0.15, 0.2) is 11.5 Å². The highest BCUT2D eigenvalue weighted by atomic mass is 16.7. The number of carbonyl (C=O) groups is 3. The van der Waals surface area contributed by atoms with Crippen molar-refractivity contribution in [2.75, 3.05) is 6.54 Å². The molecule has 50 heavy (non-hydrogen) atoms. The number of rotatable bonds is 7. The number of fused-ring (bicyclic) bond motifs is 3. The predicted octanol–water partition coefficient (Wildman–Crippen LogP) is 7.35. The van der Waals surface area contributed by atoms with E-state index in [0.29, 0.717) is 30.9 Å². The molecule has 2 fully saturated rings. The Labute approximate surface area is 293 Å². The van der Waals surface area contributed by atoms with Crippen LogP contribution < -0.4 is 15.1 Å². The highest BCUT2D eigenvalue weighted by Crippen LogP contribution is 2.57. The Morgan fingerprint density at radius 1 is 0.980 bits per heavy atom. The second-order valence-electron chi connectivity index (χ2n) is 14.2. The van der Waals surface area contributed by atoms with Gasteiger partial charge in [-0.25, -0.2) is 4.98 Å². The summed E-state index contributed by atoms with van der Waals surface area (Å²) in [6, 6.07) is 26.5. The summed E-state index contributed by atoms with van der Waals surface area (Å²) in [4.78, 5) is 54.9. The molecule has 3 aliphatic rings. The molecule has 2 amide bonds. The van der Waals surface area contributed by atoms with E-state index < -0.39 is 17.6 Å². The van der Waals surface area contributed by atoms with E-state index in [1.54, 1.807) is 23.2 Å². The third kappa shape index (κ3) is 7.44. The van der Waals surface area contributed by atoms with Crippen LogP contribution >= 0.6 is 0 Å². The molecule has 1 aliphatic carbocycles. The molecule has 1 N–H and O–H groups in total. The molecule has 1 aromatic heterocycles. The number of benzene rings is 3. The van der Waals surface area contributed by atoms with E-state index in [4.69, 9.17) is 9.57 Å². The van der Waals surface area contributed by atoms with E-state index in [-0.39, 0.29) is 42.4 Å². The van der Waals surface area contributed by atoms with E-state index in [2.05, 4.69) is 47.7 Å². The molecule has 1 saturated carbocycles. The number of aryl methyl sites for hydroxylation is 1. The number of amides is 2. The average Bonchev–Trinajstić information content (AvgIpc) is 3.66. The monoisotopic (exact) mass is 671 g/mol. The van der Waals surface area contributed by atoms with Crippen molar-refractivity contribution in [3.05, 3.63) is 114 Å². The molecule has 0 unspecified atom stereocenters. The summed E-state index contributed by atoms with van der Waals surface area (Å²) in [7, 11) is 0. The van der Waals surface area contributed by atoms with Gasteiger partial charge in [-0.05, 0) is 80.2 Å². The van der Waals surface area contributed by atoms with Crippen LogP contribution in [0.4, 0.5) is 0 Å². The highest BCUT2D eigenvalue weighted by Gasteiger charge is 2.61. The minimum Gasteiger partial charge on any atom is -0.472 e. The highest BCUT2D eigenvalue weighted by molar-refractivity contribution is 5.96. The van der Waals surface area contributed by atoms with E-state index in [9.17, 15) is 14.4 Å². The smallest absolute Gasteiger partial charge is 0.259 e. The van der Waals surface area contributed by atoms with Crippen LogP contribution in [0.15, 0.2) is 103 Å². The number of ether oxygens (including phenoxy) is 1. The van der Waals surface area contributed by atoms with Gasteiger partial charge in [0.1, 0.15) is 6.10 Å². The number of para-hydroxylation sites is 1. The van der Waals surface area contributed by atoms with Gasteiger partial charge in [0.2, 0.25) is 11.8 Å². The zero-order chi connectivity index (χ0) is 34.5. The third-order valence-corrected chi connectivity index (χ3v) is 10.6. The maximum absolute atomic E-state index is 14.7. The van der Waals surface area contributed by atoms with Gasteiger partial charge in [0, 0.05) is 30.3 Å². The first-order valence-corrected chi connectivity index (χ1v) is 18.0. The van der Waals surface area contributed by atoms with Crippen molar-refractivity contribution in [2.45, 2.75) is 76.9 Å². The van der Waals surface area contributed by atoms with Gasteiger partial charge in [-0.1, -0.05) is 91.2 Å². The van der Waals surface area contributed by atoms with Crippen molar-refractivity contribution in [3.63, 3.8) is 0 Å². The fourth-order valence-corrected chi connectivity index (χ4v) is 7.79. The molecule has 8 heteroatoms. The Kier molecular flexibility index (Phi) is 9.97. The van der Waals surface area contributed by atoms with Gasteiger partial charge >= 0.3 is 0 Å². The molecule has 3 aromatic carbocycles. The van der Waals surface area contributed by atoms with Crippen molar-refractivity contribution >= 4 is 28.4 Å². The Morgan fingerprint density at radius 2 is 1.82 bits per heavy atom. The minimum absolute atomic E-state index is 0.0161. The zero-order valence-corrected chi connectivity index (χ0v) is 28.6. The van der Waals surface area contributed by atoms with Crippen LogP contribution in [0.1, 0.15) is 62.5 Å². The van der Waals surface area contributed by atoms with Gasteiger partial charge in [0.05, 0.1) is 18.0 Å². The summed E-state index contributed by atoms with van der Waals surface area (Å²) < 4.78 is 6.53. The number of carbonyl (C=O) groups excluding carboxylic acids is 3. The lowest BCUT2D eigenvalue weighted by atomic mass is 9.89.